The number of halogens is 1. The highest BCUT2D eigenvalue weighted by Crippen LogP contribution is 2.24. The maximum absolute atomic E-state index is 13.5. The lowest BCUT2D eigenvalue weighted by Crippen LogP contribution is -2.38. The first kappa shape index (κ1) is 16.9. The number of nitrogens with zero attached hydrogens (tertiary/aromatic N) is 4. The molecule has 5 nitrogen and oxygen atoms in total. The highest BCUT2D eigenvalue weighted by molar-refractivity contribution is 5.54. The molecule has 0 aliphatic carbocycles. The van der Waals surface area contributed by atoms with Gasteiger partial charge < -0.3 is 9.30 Å². The molecule has 1 aliphatic heterocycles. The molecular formula is C20H21FN4O. The molecule has 1 aromatic heterocycles. The Bertz CT molecular complexity index is 881. The van der Waals surface area contributed by atoms with Gasteiger partial charge in [0.1, 0.15) is 11.6 Å². The van der Waals surface area contributed by atoms with E-state index in [1.807, 2.05) is 48.0 Å². The lowest BCUT2D eigenvalue weighted by Gasteiger charge is -2.32. The van der Waals surface area contributed by atoms with Crippen molar-refractivity contribution in [2.75, 3.05) is 19.7 Å². The quantitative estimate of drug-likeness (QED) is 0.723. The topological polar surface area (TPSA) is 43.2 Å². The third kappa shape index (κ3) is 3.52. The van der Waals surface area contributed by atoms with Gasteiger partial charge in [0.2, 0.25) is 0 Å². The van der Waals surface area contributed by atoms with Crippen LogP contribution in [0.25, 0.3) is 11.4 Å². The van der Waals surface area contributed by atoms with E-state index in [9.17, 15) is 4.39 Å². The fraction of sp³-hybridized carbons (Fsp3) is 0.300. The minimum atomic E-state index is -0.232. The summed E-state index contributed by atoms with van der Waals surface area (Å²) in [4.78, 5) is 2.28. The van der Waals surface area contributed by atoms with Crippen molar-refractivity contribution in [3.05, 3.63) is 71.8 Å². The lowest BCUT2D eigenvalue weighted by molar-refractivity contribution is -0.0340. The van der Waals surface area contributed by atoms with Crippen LogP contribution in [0.4, 0.5) is 4.39 Å². The van der Waals surface area contributed by atoms with Crippen molar-refractivity contribution in [2.24, 2.45) is 7.05 Å². The zero-order chi connectivity index (χ0) is 17.9. The fourth-order valence-electron chi connectivity index (χ4n) is 3.29. The van der Waals surface area contributed by atoms with Gasteiger partial charge in [-0.25, -0.2) is 4.39 Å². The molecule has 1 atom stereocenters. The molecule has 0 spiro atoms. The van der Waals surface area contributed by atoms with E-state index in [1.165, 1.54) is 6.07 Å². The molecule has 3 aromatic rings. The summed E-state index contributed by atoms with van der Waals surface area (Å²) in [6, 6.07) is 16.7. The maximum atomic E-state index is 13.5. The smallest absolute Gasteiger partial charge is 0.163 e. The molecule has 4 rings (SSSR count). The Labute approximate surface area is 152 Å². The maximum Gasteiger partial charge on any atom is 0.163 e. The third-order valence-electron chi connectivity index (χ3n) is 4.73. The Kier molecular flexibility index (Phi) is 4.77. The number of hydrogen-bond donors (Lipinski definition) is 0. The second-order valence-corrected chi connectivity index (χ2v) is 6.51. The Morgan fingerprint density at radius 3 is 2.77 bits per heavy atom. The van der Waals surface area contributed by atoms with E-state index in [1.54, 1.807) is 12.1 Å². The van der Waals surface area contributed by atoms with Gasteiger partial charge in [-0.1, -0.05) is 42.5 Å². The number of benzene rings is 2. The Morgan fingerprint density at radius 1 is 1.12 bits per heavy atom. The molecule has 134 valence electrons. The van der Waals surface area contributed by atoms with Gasteiger partial charge >= 0.3 is 0 Å². The van der Waals surface area contributed by atoms with Gasteiger partial charge in [-0.2, -0.15) is 0 Å². The van der Waals surface area contributed by atoms with Crippen molar-refractivity contribution < 1.29 is 9.13 Å². The molecule has 1 unspecified atom stereocenters. The van der Waals surface area contributed by atoms with Crippen molar-refractivity contribution in [3.8, 4) is 11.4 Å². The van der Waals surface area contributed by atoms with Crippen LogP contribution in [-0.2, 0) is 18.3 Å². The Morgan fingerprint density at radius 2 is 1.96 bits per heavy atom. The van der Waals surface area contributed by atoms with E-state index in [0.717, 1.165) is 29.3 Å². The van der Waals surface area contributed by atoms with Crippen molar-refractivity contribution in [1.82, 2.24) is 19.7 Å². The molecule has 2 heterocycles. The average Bonchev–Trinajstić information content (AvgIpc) is 3.03. The molecule has 1 saturated heterocycles. The SMILES string of the molecule is Cn1c(CN2CCOC(c3cccc(F)c3)C2)nnc1-c1ccccc1. The molecule has 0 radical (unpaired) electrons. The van der Waals surface area contributed by atoms with E-state index in [-0.39, 0.29) is 11.9 Å². The number of ether oxygens (including phenoxy) is 1. The summed E-state index contributed by atoms with van der Waals surface area (Å²) in [5.41, 5.74) is 1.92. The summed E-state index contributed by atoms with van der Waals surface area (Å²) in [5, 5.41) is 8.71. The van der Waals surface area contributed by atoms with E-state index in [2.05, 4.69) is 15.1 Å². The first-order chi connectivity index (χ1) is 12.7. The predicted molar refractivity (Wildman–Crippen MR) is 96.8 cm³/mol. The Hall–Kier alpha value is -2.57. The van der Waals surface area contributed by atoms with E-state index in [0.29, 0.717) is 19.7 Å². The van der Waals surface area contributed by atoms with Crippen LogP contribution in [0.3, 0.4) is 0 Å². The first-order valence-corrected chi connectivity index (χ1v) is 8.74. The van der Waals surface area contributed by atoms with Crippen LogP contribution in [0.1, 0.15) is 17.5 Å². The summed E-state index contributed by atoms with van der Waals surface area (Å²) in [6.45, 7) is 2.83. The third-order valence-corrected chi connectivity index (χ3v) is 4.73. The van der Waals surface area contributed by atoms with Gasteiger partial charge in [0.15, 0.2) is 5.82 Å². The predicted octanol–water partition coefficient (Wildman–Crippen LogP) is 3.19. The van der Waals surface area contributed by atoms with Crippen LogP contribution in [0.15, 0.2) is 54.6 Å². The van der Waals surface area contributed by atoms with Gasteiger partial charge in [0, 0.05) is 25.7 Å². The summed E-state index contributed by atoms with van der Waals surface area (Å²) < 4.78 is 21.4. The molecule has 0 amide bonds. The van der Waals surface area contributed by atoms with E-state index < -0.39 is 0 Å². The average molecular weight is 352 g/mol. The monoisotopic (exact) mass is 352 g/mol. The standard InChI is InChI=1S/C20H21FN4O/c1-24-19(22-23-20(24)15-6-3-2-4-7-15)14-25-10-11-26-18(13-25)16-8-5-9-17(21)12-16/h2-9,12,18H,10-11,13-14H2,1H3. The highest BCUT2D eigenvalue weighted by atomic mass is 19.1. The number of hydrogen-bond acceptors (Lipinski definition) is 4. The molecule has 26 heavy (non-hydrogen) atoms. The van der Waals surface area contributed by atoms with Crippen molar-refractivity contribution in [3.63, 3.8) is 0 Å². The fourth-order valence-corrected chi connectivity index (χ4v) is 3.29. The summed E-state index contributed by atoms with van der Waals surface area (Å²) >= 11 is 0. The number of rotatable bonds is 4. The minimum Gasteiger partial charge on any atom is -0.371 e. The van der Waals surface area contributed by atoms with Crippen molar-refractivity contribution in [1.29, 1.82) is 0 Å². The molecule has 0 bridgehead atoms. The van der Waals surface area contributed by atoms with Crippen LogP contribution < -0.4 is 0 Å². The van der Waals surface area contributed by atoms with Gasteiger partial charge in [-0.3, -0.25) is 4.90 Å². The van der Waals surface area contributed by atoms with Crippen LogP contribution >= 0.6 is 0 Å². The number of aromatic nitrogens is 3. The van der Waals surface area contributed by atoms with Gasteiger partial charge in [0.25, 0.3) is 0 Å². The normalized spacial score (nSPS) is 18.2. The second kappa shape index (κ2) is 7.35. The van der Waals surface area contributed by atoms with Gasteiger partial charge in [-0.05, 0) is 17.7 Å². The zero-order valence-corrected chi connectivity index (χ0v) is 14.7. The summed E-state index contributed by atoms with van der Waals surface area (Å²) in [7, 11) is 1.99. The highest BCUT2D eigenvalue weighted by Gasteiger charge is 2.24. The molecule has 1 fully saturated rings. The largest absolute Gasteiger partial charge is 0.371 e. The van der Waals surface area contributed by atoms with E-state index in [4.69, 9.17) is 4.74 Å². The molecular weight excluding hydrogens is 331 g/mol. The number of morpholine rings is 1. The molecule has 0 N–H and O–H groups in total. The molecule has 0 saturated carbocycles. The van der Waals surface area contributed by atoms with Crippen LogP contribution in [0.2, 0.25) is 0 Å². The summed E-state index contributed by atoms with van der Waals surface area (Å²) in [6.07, 6.45) is -0.124. The van der Waals surface area contributed by atoms with Crippen LogP contribution in [0.5, 0.6) is 0 Å². The van der Waals surface area contributed by atoms with Crippen LogP contribution in [0, 0.1) is 5.82 Å². The van der Waals surface area contributed by atoms with Crippen LogP contribution in [-0.4, -0.2) is 39.4 Å². The van der Waals surface area contributed by atoms with Crippen molar-refractivity contribution in [2.45, 2.75) is 12.6 Å². The first-order valence-electron chi connectivity index (χ1n) is 8.74. The van der Waals surface area contributed by atoms with Crippen molar-refractivity contribution >= 4 is 0 Å². The van der Waals surface area contributed by atoms with Gasteiger partial charge in [-0.15, -0.1) is 10.2 Å². The van der Waals surface area contributed by atoms with E-state index >= 15 is 0 Å². The molecule has 1 aliphatic rings. The Balaban J connectivity index is 1.48. The minimum absolute atomic E-state index is 0.124. The lowest BCUT2D eigenvalue weighted by atomic mass is 10.1. The van der Waals surface area contributed by atoms with Gasteiger partial charge in [0.05, 0.1) is 19.3 Å². The molecule has 2 aromatic carbocycles. The second-order valence-electron chi connectivity index (χ2n) is 6.51. The summed E-state index contributed by atoms with van der Waals surface area (Å²) in [5.74, 6) is 1.53. The zero-order valence-electron chi connectivity index (χ0n) is 14.7. The molecule has 6 heteroatoms.